The number of amides is 1. The van der Waals surface area contributed by atoms with Crippen LogP contribution in [0.25, 0.3) is 22.0 Å². The molecule has 0 spiro atoms. The van der Waals surface area contributed by atoms with E-state index in [9.17, 15) is 18.0 Å². The first kappa shape index (κ1) is 18.7. The molecule has 0 fully saturated rings. The molecule has 1 heterocycles. The number of fused-ring (bicyclic) bond motifs is 1. The molecular weight excluding hydrogens is 379 g/mol. The Morgan fingerprint density at radius 2 is 1.79 bits per heavy atom. The van der Waals surface area contributed by atoms with Gasteiger partial charge in [-0.3, -0.25) is 9.89 Å². The number of carbonyl (C=O) groups excluding carboxylic acids is 1. The number of nitrogens with one attached hydrogen (secondary N) is 2. The summed E-state index contributed by atoms with van der Waals surface area (Å²) in [5.74, 6) is -0.300. The third kappa shape index (κ3) is 3.99. The molecule has 0 radical (unpaired) electrons. The number of nitrogens with zero attached hydrogens (tertiary/aromatic N) is 1. The number of alkyl halides is 3. The highest BCUT2D eigenvalue weighted by Crippen LogP contribution is 2.36. The van der Waals surface area contributed by atoms with E-state index in [1.807, 2.05) is 30.3 Å². The van der Waals surface area contributed by atoms with Crippen molar-refractivity contribution < 1.29 is 18.0 Å². The Balaban J connectivity index is 1.67. The number of carbonyl (C=O) groups is 1. The Morgan fingerprint density at radius 3 is 2.55 bits per heavy atom. The molecule has 0 aliphatic heterocycles. The Hall–Kier alpha value is -3.61. The largest absolute Gasteiger partial charge is 0.416 e. The van der Waals surface area contributed by atoms with Crippen LogP contribution in [0.5, 0.6) is 0 Å². The van der Waals surface area contributed by atoms with Gasteiger partial charge in [-0.25, -0.2) is 0 Å². The number of halogens is 3. The van der Waals surface area contributed by atoms with Gasteiger partial charge in [-0.2, -0.15) is 18.3 Å². The van der Waals surface area contributed by atoms with Crippen molar-refractivity contribution in [3.63, 3.8) is 0 Å². The van der Waals surface area contributed by atoms with Gasteiger partial charge in [0.25, 0.3) is 5.91 Å². The predicted molar refractivity (Wildman–Crippen MR) is 104 cm³/mol. The number of aromatic amines is 1. The molecule has 4 rings (SSSR count). The van der Waals surface area contributed by atoms with Crippen LogP contribution in [0.3, 0.4) is 0 Å². The van der Waals surface area contributed by atoms with Crippen LogP contribution in [0.2, 0.25) is 0 Å². The van der Waals surface area contributed by atoms with E-state index in [2.05, 4.69) is 15.5 Å². The van der Waals surface area contributed by atoms with Crippen LogP contribution in [0.4, 0.5) is 13.2 Å². The van der Waals surface area contributed by atoms with E-state index in [0.717, 1.165) is 17.7 Å². The van der Waals surface area contributed by atoms with E-state index < -0.39 is 11.7 Å². The van der Waals surface area contributed by atoms with E-state index in [4.69, 9.17) is 0 Å². The third-order valence-corrected chi connectivity index (χ3v) is 4.62. The lowest BCUT2D eigenvalue weighted by atomic mass is 9.97. The zero-order valence-corrected chi connectivity index (χ0v) is 15.1. The average molecular weight is 395 g/mol. The Bertz CT molecular complexity index is 1170. The highest BCUT2D eigenvalue weighted by atomic mass is 19.4. The van der Waals surface area contributed by atoms with Gasteiger partial charge in [0.05, 0.1) is 17.3 Å². The van der Waals surface area contributed by atoms with Gasteiger partial charge >= 0.3 is 6.18 Å². The lowest BCUT2D eigenvalue weighted by Gasteiger charge is -2.12. The monoisotopic (exact) mass is 395 g/mol. The fourth-order valence-corrected chi connectivity index (χ4v) is 3.16. The summed E-state index contributed by atoms with van der Waals surface area (Å²) in [6.45, 7) is 0.361. The van der Waals surface area contributed by atoms with Gasteiger partial charge in [-0.1, -0.05) is 42.5 Å². The first-order valence-electron chi connectivity index (χ1n) is 8.89. The minimum absolute atomic E-state index is 0.286. The molecule has 1 amide bonds. The SMILES string of the molecule is O=C(NCc1ccccc1)c1cccc(-c2cc(C(F)(F)F)cc3[nH]ncc23)c1. The van der Waals surface area contributed by atoms with E-state index in [1.54, 1.807) is 24.3 Å². The first-order valence-corrected chi connectivity index (χ1v) is 8.89. The highest BCUT2D eigenvalue weighted by Gasteiger charge is 2.31. The molecule has 0 saturated carbocycles. The van der Waals surface area contributed by atoms with Crippen molar-refractivity contribution in [2.45, 2.75) is 12.7 Å². The second kappa shape index (κ2) is 7.43. The minimum atomic E-state index is -4.49. The van der Waals surface area contributed by atoms with Crippen molar-refractivity contribution >= 4 is 16.8 Å². The molecule has 0 bridgehead atoms. The Morgan fingerprint density at radius 1 is 1.00 bits per heavy atom. The van der Waals surface area contributed by atoms with E-state index in [-0.39, 0.29) is 11.4 Å². The maximum atomic E-state index is 13.3. The zero-order chi connectivity index (χ0) is 20.4. The van der Waals surface area contributed by atoms with Crippen molar-refractivity contribution in [3.05, 3.63) is 89.6 Å². The van der Waals surface area contributed by atoms with Crippen LogP contribution in [0, 0.1) is 0 Å². The van der Waals surface area contributed by atoms with Crippen molar-refractivity contribution in [1.29, 1.82) is 0 Å². The molecule has 0 atom stereocenters. The molecule has 1 aromatic heterocycles. The van der Waals surface area contributed by atoms with E-state index >= 15 is 0 Å². The van der Waals surface area contributed by atoms with Gasteiger partial charge < -0.3 is 5.32 Å². The lowest BCUT2D eigenvalue weighted by molar-refractivity contribution is -0.137. The molecular formula is C22H16F3N3O. The van der Waals surface area contributed by atoms with Crippen LogP contribution in [0.1, 0.15) is 21.5 Å². The number of hydrogen-bond donors (Lipinski definition) is 2. The predicted octanol–water partition coefficient (Wildman–Crippen LogP) is 5.18. The minimum Gasteiger partial charge on any atom is -0.348 e. The number of rotatable bonds is 4. The third-order valence-electron chi connectivity index (χ3n) is 4.62. The summed E-state index contributed by atoms with van der Waals surface area (Å²) in [7, 11) is 0. The van der Waals surface area contributed by atoms with Crippen LogP contribution >= 0.6 is 0 Å². The van der Waals surface area contributed by atoms with Crippen molar-refractivity contribution in [2.75, 3.05) is 0 Å². The summed E-state index contributed by atoms with van der Waals surface area (Å²) in [4.78, 5) is 12.5. The van der Waals surface area contributed by atoms with Crippen molar-refractivity contribution in [2.24, 2.45) is 0 Å². The molecule has 0 aliphatic carbocycles. The second-order valence-electron chi connectivity index (χ2n) is 6.60. The van der Waals surface area contributed by atoms with Gasteiger partial charge in [-0.15, -0.1) is 0 Å². The maximum Gasteiger partial charge on any atom is 0.416 e. The van der Waals surface area contributed by atoms with Crippen LogP contribution in [-0.4, -0.2) is 16.1 Å². The number of aromatic nitrogens is 2. The summed E-state index contributed by atoms with van der Waals surface area (Å²) < 4.78 is 39.9. The highest BCUT2D eigenvalue weighted by molar-refractivity contribution is 5.99. The van der Waals surface area contributed by atoms with Crippen molar-refractivity contribution in [1.82, 2.24) is 15.5 Å². The van der Waals surface area contributed by atoms with Crippen molar-refractivity contribution in [3.8, 4) is 11.1 Å². The summed E-state index contributed by atoms with van der Waals surface area (Å²) in [5, 5.41) is 9.83. The van der Waals surface area contributed by atoms with Gasteiger partial charge in [0.2, 0.25) is 0 Å². The topological polar surface area (TPSA) is 57.8 Å². The molecule has 29 heavy (non-hydrogen) atoms. The first-order chi connectivity index (χ1) is 13.9. The van der Waals surface area contributed by atoms with Gasteiger partial charge in [0, 0.05) is 17.5 Å². The van der Waals surface area contributed by atoms with Gasteiger partial charge in [-0.05, 0) is 41.0 Å². The summed E-state index contributed by atoms with van der Waals surface area (Å²) in [5.41, 5.74) is 1.70. The Kier molecular flexibility index (Phi) is 4.80. The van der Waals surface area contributed by atoms with Crippen LogP contribution in [-0.2, 0) is 12.7 Å². The summed E-state index contributed by atoms with van der Waals surface area (Å²) in [6.07, 6.45) is -3.01. The molecule has 4 nitrogen and oxygen atoms in total. The quantitative estimate of drug-likeness (QED) is 0.500. The maximum absolute atomic E-state index is 13.3. The summed E-state index contributed by atoms with van der Waals surface area (Å²) in [6, 6.07) is 18.1. The molecule has 4 aromatic rings. The van der Waals surface area contributed by atoms with Gasteiger partial charge in [0.15, 0.2) is 0 Å². The second-order valence-corrected chi connectivity index (χ2v) is 6.60. The van der Waals surface area contributed by atoms with Crippen LogP contribution in [0.15, 0.2) is 72.9 Å². The van der Waals surface area contributed by atoms with Crippen LogP contribution < -0.4 is 5.32 Å². The molecule has 146 valence electrons. The molecule has 0 aliphatic rings. The number of H-pyrrole nitrogens is 1. The molecule has 0 saturated heterocycles. The van der Waals surface area contributed by atoms with E-state index in [0.29, 0.717) is 28.6 Å². The molecule has 7 heteroatoms. The van der Waals surface area contributed by atoms with E-state index in [1.165, 1.54) is 6.20 Å². The fourth-order valence-electron chi connectivity index (χ4n) is 3.16. The molecule has 0 unspecified atom stereocenters. The smallest absolute Gasteiger partial charge is 0.348 e. The Labute approximate surface area is 164 Å². The lowest BCUT2D eigenvalue weighted by Crippen LogP contribution is -2.22. The molecule has 3 aromatic carbocycles. The fraction of sp³-hybridized carbons (Fsp3) is 0.0909. The zero-order valence-electron chi connectivity index (χ0n) is 15.1. The van der Waals surface area contributed by atoms with Gasteiger partial charge in [0.1, 0.15) is 0 Å². The summed E-state index contributed by atoms with van der Waals surface area (Å²) >= 11 is 0. The molecule has 2 N–H and O–H groups in total. The number of benzene rings is 3. The normalized spacial score (nSPS) is 11.6. The number of hydrogen-bond acceptors (Lipinski definition) is 2. The standard InChI is InChI=1S/C22H16F3N3O/c23-22(24,25)17-10-18(19-13-27-28-20(19)11-17)15-7-4-8-16(9-15)21(29)26-12-14-5-2-1-3-6-14/h1-11,13H,12H2,(H,26,29)(H,27,28). The average Bonchev–Trinajstić information content (AvgIpc) is 3.20.